The Morgan fingerprint density at radius 3 is 2.54 bits per heavy atom. The summed E-state index contributed by atoms with van der Waals surface area (Å²) in [6.45, 7) is 0.744. The van der Waals surface area contributed by atoms with Gasteiger partial charge in [-0.1, -0.05) is 11.6 Å². The second-order valence-corrected chi connectivity index (χ2v) is 11.5. The number of hydrogen-bond acceptors (Lipinski definition) is 7. The van der Waals surface area contributed by atoms with Crippen molar-refractivity contribution in [3.63, 3.8) is 0 Å². The maximum atomic E-state index is 14.2. The first kappa shape index (κ1) is 25.0. The molecule has 13 heteroatoms. The zero-order valence-corrected chi connectivity index (χ0v) is 21.8. The highest BCUT2D eigenvalue weighted by molar-refractivity contribution is 6.30. The molecule has 0 atom stereocenters. The molecule has 1 saturated carbocycles. The Labute approximate surface area is 226 Å². The van der Waals surface area contributed by atoms with Gasteiger partial charge in [-0.05, 0) is 36.6 Å². The average Bonchev–Trinajstić information content (AvgIpc) is 3.11. The van der Waals surface area contributed by atoms with E-state index >= 15 is 0 Å². The number of pyridine rings is 1. The fourth-order valence-electron chi connectivity index (χ4n) is 6.56. The molecule has 2 aromatic heterocycles. The quantitative estimate of drug-likeness (QED) is 0.432. The Morgan fingerprint density at radius 2 is 1.87 bits per heavy atom. The lowest BCUT2D eigenvalue weighted by molar-refractivity contribution is -0.310. The largest absolute Gasteiger partial charge is 0.493 e. The highest BCUT2D eigenvalue weighted by Gasteiger charge is 2.64. The van der Waals surface area contributed by atoms with E-state index in [0.717, 1.165) is 37.4 Å². The standard InChI is InChI=1S/C26H25ClF4N6O2/c1-38-20-5-18(28)8-32-23(20)35-11-24(12-35)6-16(7-24)22-34-33-21-10-36(25(13-39-14-25)26(29,30)31)9-15-4-17(27)2-3-19(15)37(21)22/h2-5,8,16H,6-7,9-14H2,1H3. The Kier molecular flexibility index (Phi) is 5.47. The number of hydrogen-bond donors (Lipinski definition) is 0. The number of aromatic nitrogens is 4. The number of fused-ring (bicyclic) bond motifs is 3. The zero-order chi connectivity index (χ0) is 27.2. The second kappa shape index (κ2) is 8.52. The van der Waals surface area contributed by atoms with Crippen LogP contribution in [-0.2, 0) is 17.8 Å². The minimum atomic E-state index is -4.46. The Hall–Kier alpha value is -2.96. The van der Waals surface area contributed by atoms with Gasteiger partial charge >= 0.3 is 6.18 Å². The van der Waals surface area contributed by atoms with Crippen LogP contribution in [0.3, 0.4) is 0 Å². The molecule has 4 aliphatic rings. The van der Waals surface area contributed by atoms with Crippen LogP contribution in [0, 0.1) is 11.2 Å². The van der Waals surface area contributed by atoms with Gasteiger partial charge in [-0.3, -0.25) is 9.47 Å². The number of anilines is 1. The summed E-state index contributed by atoms with van der Waals surface area (Å²) < 4.78 is 68.6. The lowest BCUT2D eigenvalue weighted by Crippen LogP contribution is -2.69. The summed E-state index contributed by atoms with van der Waals surface area (Å²) in [5.74, 6) is 1.90. The molecule has 1 aliphatic carbocycles. The van der Waals surface area contributed by atoms with E-state index in [9.17, 15) is 17.6 Å². The molecule has 0 N–H and O–H groups in total. The summed E-state index contributed by atoms with van der Waals surface area (Å²) in [6.07, 6.45) is -1.56. The van der Waals surface area contributed by atoms with E-state index in [2.05, 4.69) is 20.1 Å². The van der Waals surface area contributed by atoms with Crippen molar-refractivity contribution in [1.82, 2.24) is 24.6 Å². The van der Waals surface area contributed by atoms with E-state index in [1.807, 2.05) is 10.6 Å². The molecule has 0 bridgehead atoms. The average molecular weight is 565 g/mol. The number of rotatable bonds is 4. The van der Waals surface area contributed by atoms with Crippen LogP contribution < -0.4 is 9.64 Å². The van der Waals surface area contributed by atoms with Gasteiger partial charge in [0.25, 0.3) is 0 Å². The fraction of sp³-hybridized carbons (Fsp3) is 0.500. The molecular weight excluding hydrogens is 540 g/mol. The van der Waals surface area contributed by atoms with Crippen molar-refractivity contribution in [3.05, 3.63) is 58.5 Å². The van der Waals surface area contributed by atoms with Crippen LogP contribution in [0.2, 0.25) is 5.02 Å². The molecule has 3 aliphatic heterocycles. The summed E-state index contributed by atoms with van der Waals surface area (Å²) in [7, 11) is 1.49. The molecule has 1 spiro atoms. The first-order valence-corrected chi connectivity index (χ1v) is 13.1. The lowest BCUT2D eigenvalue weighted by atomic mass is 9.57. The van der Waals surface area contributed by atoms with Gasteiger partial charge in [0.05, 0.1) is 38.8 Å². The Bertz CT molecular complexity index is 1440. The molecule has 1 aromatic carbocycles. The highest BCUT2D eigenvalue weighted by Crippen LogP contribution is 2.57. The molecule has 3 aromatic rings. The van der Waals surface area contributed by atoms with E-state index in [1.165, 1.54) is 24.3 Å². The second-order valence-electron chi connectivity index (χ2n) is 11.1. The molecule has 2 saturated heterocycles. The molecule has 0 amide bonds. The van der Waals surface area contributed by atoms with Crippen LogP contribution in [0.5, 0.6) is 5.75 Å². The van der Waals surface area contributed by atoms with Gasteiger partial charge in [0.15, 0.2) is 22.9 Å². The van der Waals surface area contributed by atoms with Crippen molar-refractivity contribution in [2.45, 2.75) is 43.6 Å². The predicted octanol–water partition coefficient (Wildman–Crippen LogP) is 4.49. The van der Waals surface area contributed by atoms with Crippen molar-refractivity contribution >= 4 is 17.4 Å². The number of nitrogens with zero attached hydrogens (tertiary/aromatic N) is 6. The number of benzene rings is 1. The SMILES string of the molecule is COc1cc(F)cnc1N1CC2(CC(c3nnc4n3-c3ccc(Cl)cc3CN(C3(C(F)(F)F)COC3)C4)C2)C1. The third-order valence-corrected chi connectivity index (χ3v) is 8.88. The minimum Gasteiger partial charge on any atom is -0.493 e. The molecule has 0 radical (unpaired) electrons. The maximum Gasteiger partial charge on any atom is 0.411 e. The van der Waals surface area contributed by atoms with E-state index < -0.39 is 30.7 Å². The number of ether oxygens (including phenoxy) is 2. The first-order valence-electron chi connectivity index (χ1n) is 12.7. The van der Waals surface area contributed by atoms with Gasteiger partial charge in [-0.15, -0.1) is 10.2 Å². The zero-order valence-electron chi connectivity index (χ0n) is 21.0. The summed E-state index contributed by atoms with van der Waals surface area (Å²) >= 11 is 6.28. The van der Waals surface area contributed by atoms with Crippen LogP contribution >= 0.6 is 11.6 Å². The van der Waals surface area contributed by atoms with Gasteiger partial charge in [0.2, 0.25) is 0 Å². The minimum absolute atomic E-state index is 0.0101. The molecule has 7 rings (SSSR count). The van der Waals surface area contributed by atoms with Gasteiger partial charge in [-0.2, -0.15) is 13.2 Å². The third-order valence-electron chi connectivity index (χ3n) is 8.64. The van der Waals surface area contributed by atoms with Gasteiger partial charge < -0.3 is 14.4 Å². The van der Waals surface area contributed by atoms with Crippen LogP contribution in [-0.4, -0.2) is 69.8 Å². The van der Waals surface area contributed by atoms with Crippen LogP contribution in [0.1, 0.15) is 36.0 Å². The summed E-state index contributed by atoms with van der Waals surface area (Å²) in [4.78, 5) is 7.69. The van der Waals surface area contributed by atoms with Crippen LogP contribution in [0.25, 0.3) is 5.69 Å². The molecular formula is C26H25ClF4N6O2. The molecule has 206 valence electrons. The third kappa shape index (κ3) is 3.75. The number of methoxy groups -OCH3 is 1. The number of halogens is 5. The highest BCUT2D eigenvalue weighted by atomic mass is 35.5. The first-order chi connectivity index (χ1) is 18.6. The summed E-state index contributed by atoms with van der Waals surface area (Å²) in [5, 5.41) is 9.34. The summed E-state index contributed by atoms with van der Waals surface area (Å²) in [5.41, 5.74) is -0.553. The van der Waals surface area contributed by atoms with Crippen molar-refractivity contribution in [3.8, 4) is 11.4 Å². The van der Waals surface area contributed by atoms with E-state index in [4.69, 9.17) is 21.1 Å². The molecule has 5 heterocycles. The molecule has 39 heavy (non-hydrogen) atoms. The van der Waals surface area contributed by atoms with Crippen molar-refractivity contribution in [2.75, 3.05) is 38.3 Å². The van der Waals surface area contributed by atoms with Crippen LogP contribution in [0.4, 0.5) is 23.4 Å². The normalized spacial score (nSPS) is 21.8. The van der Waals surface area contributed by atoms with Gasteiger partial charge in [0, 0.05) is 42.1 Å². The summed E-state index contributed by atoms with van der Waals surface area (Å²) in [6, 6.07) is 6.63. The van der Waals surface area contributed by atoms with Crippen molar-refractivity contribution in [2.24, 2.45) is 5.41 Å². The van der Waals surface area contributed by atoms with E-state index in [0.29, 0.717) is 28.0 Å². The topological polar surface area (TPSA) is 68.5 Å². The molecule has 3 fully saturated rings. The van der Waals surface area contributed by atoms with Gasteiger partial charge in [0.1, 0.15) is 11.6 Å². The van der Waals surface area contributed by atoms with E-state index in [1.54, 1.807) is 12.1 Å². The predicted molar refractivity (Wildman–Crippen MR) is 133 cm³/mol. The monoisotopic (exact) mass is 564 g/mol. The van der Waals surface area contributed by atoms with Gasteiger partial charge in [-0.25, -0.2) is 9.37 Å². The smallest absolute Gasteiger partial charge is 0.411 e. The fourth-order valence-corrected chi connectivity index (χ4v) is 6.75. The Balaban J connectivity index is 1.16. The van der Waals surface area contributed by atoms with Crippen LogP contribution in [0.15, 0.2) is 30.5 Å². The molecule has 0 unspecified atom stereocenters. The number of alkyl halides is 3. The lowest BCUT2D eigenvalue weighted by Gasteiger charge is -2.59. The molecule has 8 nitrogen and oxygen atoms in total. The van der Waals surface area contributed by atoms with E-state index in [-0.39, 0.29) is 24.4 Å². The maximum absolute atomic E-state index is 14.2. The van der Waals surface area contributed by atoms with Crippen molar-refractivity contribution < 1.29 is 27.0 Å². The Morgan fingerprint density at radius 1 is 1.10 bits per heavy atom. The van der Waals surface area contributed by atoms with Crippen molar-refractivity contribution in [1.29, 1.82) is 0 Å².